The first kappa shape index (κ1) is 29.9. The predicted octanol–water partition coefficient (Wildman–Crippen LogP) is 2.80. The third-order valence-corrected chi connectivity index (χ3v) is 7.09. The number of aliphatic carboxylic acids is 2. The van der Waals surface area contributed by atoms with Crippen LogP contribution in [0.2, 0.25) is 5.02 Å². The molecule has 11 heteroatoms. The first-order valence-corrected chi connectivity index (χ1v) is 13.2. The van der Waals surface area contributed by atoms with Gasteiger partial charge in [0.05, 0.1) is 22.9 Å². The van der Waals surface area contributed by atoms with Crippen molar-refractivity contribution in [3.8, 4) is 0 Å². The van der Waals surface area contributed by atoms with Gasteiger partial charge in [-0.15, -0.1) is 0 Å². The number of anilines is 1. The van der Waals surface area contributed by atoms with E-state index in [0.717, 1.165) is 54.0 Å². The molecule has 2 heterocycles. The van der Waals surface area contributed by atoms with Gasteiger partial charge in [0.2, 0.25) is 0 Å². The third-order valence-electron chi connectivity index (χ3n) is 5.34. The van der Waals surface area contributed by atoms with Gasteiger partial charge in [0.25, 0.3) is 0 Å². The number of carbonyl (C=O) groups is 2. The average molecular weight is 540 g/mol. The van der Waals surface area contributed by atoms with Crippen molar-refractivity contribution in [2.24, 2.45) is 5.92 Å². The molecule has 3 rings (SSSR count). The van der Waals surface area contributed by atoms with E-state index in [4.69, 9.17) is 32.0 Å². The number of carboxylic acid groups (broad SMARTS) is 2. The van der Waals surface area contributed by atoms with Crippen molar-refractivity contribution < 1.29 is 30.0 Å². The number of rotatable bonds is 10. The number of fused-ring (bicyclic) bond motifs is 1. The first-order chi connectivity index (χ1) is 17.1. The van der Waals surface area contributed by atoms with E-state index in [0.29, 0.717) is 6.54 Å². The summed E-state index contributed by atoms with van der Waals surface area (Å²) in [6, 6.07) is 8.48. The number of thioether (sulfide) groups is 1. The summed E-state index contributed by atoms with van der Waals surface area (Å²) in [4.78, 5) is 24.2. The molecule has 2 atom stereocenters. The lowest BCUT2D eigenvalue weighted by atomic mass is 10.0. The predicted molar refractivity (Wildman–Crippen MR) is 142 cm³/mol. The van der Waals surface area contributed by atoms with E-state index in [-0.39, 0.29) is 0 Å². The van der Waals surface area contributed by atoms with Crippen LogP contribution < -0.4 is 10.6 Å². The molecule has 0 radical (unpaired) electrons. The molecule has 0 aliphatic carbocycles. The number of nitrogens with one attached hydrogen (secondary N) is 2. The number of aliphatic hydroxyl groups is 2. The Morgan fingerprint density at radius 1 is 1.08 bits per heavy atom. The van der Waals surface area contributed by atoms with Crippen LogP contribution >= 0.6 is 23.4 Å². The molecule has 0 saturated carbocycles. The Hall–Kier alpha value is -2.37. The number of benzene rings is 1. The van der Waals surface area contributed by atoms with E-state index in [2.05, 4.69) is 47.7 Å². The molecule has 2 aromatic rings. The van der Waals surface area contributed by atoms with Gasteiger partial charge in [-0.25, -0.2) is 9.59 Å². The minimum Gasteiger partial charge on any atom is -0.479 e. The molecule has 0 fully saturated rings. The Morgan fingerprint density at radius 2 is 1.75 bits per heavy atom. The molecule has 1 aliphatic rings. The molecule has 0 unspecified atom stereocenters. The highest BCUT2D eigenvalue weighted by Crippen LogP contribution is 2.31. The molecule has 0 saturated heterocycles. The molecule has 0 bridgehead atoms. The molecule has 198 valence electrons. The van der Waals surface area contributed by atoms with Crippen LogP contribution in [0.4, 0.5) is 5.69 Å². The fourth-order valence-corrected chi connectivity index (χ4v) is 4.68. The van der Waals surface area contributed by atoms with Crippen molar-refractivity contribution in [3.05, 3.63) is 57.9 Å². The van der Waals surface area contributed by atoms with Gasteiger partial charge < -0.3 is 31.1 Å². The number of hydrogen-bond acceptors (Lipinski definition) is 8. The van der Waals surface area contributed by atoms with Crippen molar-refractivity contribution >= 4 is 41.0 Å². The monoisotopic (exact) mass is 539 g/mol. The van der Waals surface area contributed by atoms with Gasteiger partial charge in [0.15, 0.2) is 12.2 Å². The van der Waals surface area contributed by atoms with Crippen LogP contribution in [0, 0.1) is 5.92 Å². The highest BCUT2D eigenvalue weighted by Gasteiger charge is 2.29. The van der Waals surface area contributed by atoms with Crippen molar-refractivity contribution in [2.75, 3.05) is 24.2 Å². The zero-order valence-corrected chi connectivity index (χ0v) is 22.0. The second kappa shape index (κ2) is 15.0. The second-order valence-corrected chi connectivity index (χ2v) is 10.2. The summed E-state index contributed by atoms with van der Waals surface area (Å²) in [5.74, 6) is -0.582. The summed E-state index contributed by atoms with van der Waals surface area (Å²) >= 11 is 8.45. The minimum absolute atomic E-state index is 0.697. The first-order valence-electron chi connectivity index (χ1n) is 11.7. The molecule has 9 nitrogen and oxygen atoms in total. The van der Waals surface area contributed by atoms with Crippen molar-refractivity contribution in [1.82, 2.24) is 10.3 Å². The minimum atomic E-state index is -2.27. The number of aromatic nitrogens is 1. The lowest BCUT2D eigenvalue weighted by Gasteiger charge is -2.16. The number of hydrogen-bond donors (Lipinski definition) is 6. The van der Waals surface area contributed by atoms with Crippen LogP contribution in [-0.4, -0.2) is 68.4 Å². The van der Waals surface area contributed by atoms with Crippen LogP contribution in [0.15, 0.2) is 30.5 Å². The maximum atomic E-state index is 9.77. The zero-order valence-electron chi connectivity index (χ0n) is 20.4. The number of carboxylic acids is 2. The standard InChI is InChI=1S/C21H28ClN3S.C4H6O6/c1-15(2)13-26-14-16-3-5-18(24-11-16)12-25-21-19-8-10-23-9-7-17(19)4-6-20(21)22;5-1(3(7)8)2(6)4(9)10/h3-6,11,15,23,25H,7-10,12-14H2,1-2H3;1-2,5-6H,(H,7,8)(H,9,10)/t;1-,2-/m.1/s1. The van der Waals surface area contributed by atoms with Crippen molar-refractivity contribution in [3.63, 3.8) is 0 Å². The Morgan fingerprint density at radius 3 is 2.33 bits per heavy atom. The van der Waals surface area contributed by atoms with Crippen LogP contribution in [0.25, 0.3) is 0 Å². The van der Waals surface area contributed by atoms with E-state index >= 15 is 0 Å². The molecule has 0 amide bonds. The van der Waals surface area contributed by atoms with E-state index in [1.807, 2.05) is 24.0 Å². The summed E-state index contributed by atoms with van der Waals surface area (Å²) in [7, 11) is 0. The number of nitrogens with zero attached hydrogens (tertiary/aromatic N) is 1. The molecular formula is C25H34ClN3O6S. The van der Waals surface area contributed by atoms with Gasteiger partial charge >= 0.3 is 11.9 Å². The SMILES string of the molecule is CC(C)CSCc1ccc(CNc2c(Cl)ccc3c2CCNCC3)nc1.O=C(O)[C@H](O)[C@@H](O)C(=O)O. The van der Waals surface area contributed by atoms with Gasteiger partial charge in [-0.1, -0.05) is 37.6 Å². The molecule has 6 N–H and O–H groups in total. The Balaban J connectivity index is 0.000000388. The van der Waals surface area contributed by atoms with E-state index in [1.54, 1.807) is 0 Å². The lowest BCUT2D eigenvalue weighted by molar-refractivity contribution is -0.165. The lowest BCUT2D eigenvalue weighted by Crippen LogP contribution is -2.39. The summed E-state index contributed by atoms with van der Waals surface area (Å²) in [6.07, 6.45) is -0.462. The summed E-state index contributed by atoms with van der Waals surface area (Å²) < 4.78 is 0. The average Bonchev–Trinajstić information content (AvgIpc) is 3.09. The maximum absolute atomic E-state index is 9.77. The van der Waals surface area contributed by atoms with Gasteiger partial charge in [0.1, 0.15) is 0 Å². The summed E-state index contributed by atoms with van der Waals surface area (Å²) in [6.45, 7) is 7.24. The molecule has 0 spiro atoms. The van der Waals surface area contributed by atoms with E-state index in [1.165, 1.54) is 22.4 Å². The molecule has 1 aromatic heterocycles. The Kier molecular flexibility index (Phi) is 12.5. The third kappa shape index (κ3) is 9.59. The van der Waals surface area contributed by atoms with Gasteiger partial charge in [-0.05, 0) is 66.4 Å². The summed E-state index contributed by atoms with van der Waals surface area (Å²) in [5, 5.41) is 40.3. The van der Waals surface area contributed by atoms with E-state index in [9.17, 15) is 9.59 Å². The van der Waals surface area contributed by atoms with Gasteiger partial charge in [-0.3, -0.25) is 4.98 Å². The van der Waals surface area contributed by atoms with Crippen LogP contribution in [0.1, 0.15) is 36.2 Å². The van der Waals surface area contributed by atoms with Crippen LogP contribution in [0.5, 0.6) is 0 Å². The fourth-order valence-electron chi connectivity index (χ4n) is 3.44. The van der Waals surface area contributed by atoms with Gasteiger partial charge in [-0.2, -0.15) is 11.8 Å². The highest BCUT2D eigenvalue weighted by atomic mass is 35.5. The van der Waals surface area contributed by atoms with Gasteiger partial charge in [0, 0.05) is 11.9 Å². The topological polar surface area (TPSA) is 152 Å². The molecule has 1 aliphatic heterocycles. The Bertz CT molecular complexity index is 988. The van der Waals surface area contributed by atoms with Crippen LogP contribution in [-0.2, 0) is 34.7 Å². The molecule has 36 heavy (non-hydrogen) atoms. The smallest absolute Gasteiger partial charge is 0.335 e. The quantitative estimate of drug-likeness (QED) is 0.266. The van der Waals surface area contributed by atoms with E-state index < -0.39 is 24.1 Å². The summed E-state index contributed by atoms with van der Waals surface area (Å²) in [5.41, 5.74) is 6.16. The van der Waals surface area contributed by atoms with Crippen molar-refractivity contribution in [2.45, 2.75) is 51.2 Å². The normalized spacial score (nSPS) is 14.6. The Labute approximate surface area is 220 Å². The second-order valence-electron chi connectivity index (χ2n) is 8.80. The zero-order chi connectivity index (χ0) is 26.7. The largest absolute Gasteiger partial charge is 0.479 e. The highest BCUT2D eigenvalue weighted by molar-refractivity contribution is 7.98. The number of pyridine rings is 1. The van der Waals surface area contributed by atoms with Crippen molar-refractivity contribution in [1.29, 1.82) is 0 Å². The molecule has 1 aromatic carbocycles. The molecular weight excluding hydrogens is 506 g/mol. The van der Waals surface area contributed by atoms with Crippen LogP contribution in [0.3, 0.4) is 0 Å². The number of halogens is 1. The maximum Gasteiger partial charge on any atom is 0.335 e. The number of aliphatic hydroxyl groups excluding tert-OH is 2. The fraction of sp³-hybridized carbons (Fsp3) is 0.480.